The van der Waals surface area contributed by atoms with Crippen LogP contribution >= 0.6 is 19.3 Å². The number of ether oxygens (including phenoxy) is 3. The lowest BCUT2D eigenvalue weighted by Crippen LogP contribution is -2.38. The van der Waals surface area contributed by atoms with Crippen LogP contribution in [0.4, 0.5) is 0 Å². The lowest BCUT2D eigenvalue weighted by atomic mass is 9.96. The monoisotopic (exact) mass is 543 g/mol. The molecule has 4 rings (SSSR count). The van der Waals surface area contributed by atoms with Crippen molar-refractivity contribution < 1.29 is 32.6 Å². The second-order valence-corrected chi connectivity index (χ2v) is 10.6. The third-order valence-electron chi connectivity index (χ3n) is 5.65. The van der Waals surface area contributed by atoms with E-state index in [9.17, 15) is 18.9 Å². The summed E-state index contributed by atoms with van der Waals surface area (Å²) >= 11 is 5.91. The van der Waals surface area contributed by atoms with Crippen molar-refractivity contribution in [1.29, 1.82) is 0 Å². The number of aryl methyl sites for hydroxylation is 1. The predicted octanol–water partition coefficient (Wildman–Crippen LogP) is 2.65. The number of aromatic nitrogens is 2. The molecular weight excluding hydrogens is 517 g/mol. The first-order chi connectivity index (χ1) is 17.1. The van der Waals surface area contributed by atoms with Crippen LogP contribution < -0.4 is 20.9 Å². The zero-order chi connectivity index (χ0) is 25.9. The average Bonchev–Trinajstić information content (AvgIpc) is 3.27. The largest absolute Gasteiger partial charge is 0.461 e. The fourth-order valence-electron chi connectivity index (χ4n) is 3.40. The molecule has 2 N–H and O–H groups in total. The zero-order valence-corrected chi connectivity index (χ0v) is 21.3. The maximum Gasteiger partial charge on any atom is 0.459 e. The Kier molecular flexibility index (Phi) is 8.34. The second-order valence-electron chi connectivity index (χ2n) is 8.51. The summed E-state index contributed by atoms with van der Waals surface area (Å²) in [6.07, 6.45) is 1.97. The summed E-state index contributed by atoms with van der Waals surface area (Å²) in [4.78, 5) is 38.4. The summed E-state index contributed by atoms with van der Waals surface area (Å²) in [5.74, 6) is -0.388. The molecule has 0 radical (unpaired) electrons. The normalized spacial score (nSPS) is 22.4. The number of hydrogen-bond acceptors (Lipinski definition) is 9. The highest BCUT2D eigenvalue weighted by atomic mass is 35.5. The van der Waals surface area contributed by atoms with Crippen LogP contribution in [-0.2, 0) is 28.1 Å². The fourth-order valence-corrected chi connectivity index (χ4v) is 5.01. The van der Waals surface area contributed by atoms with Crippen molar-refractivity contribution in [2.75, 3.05) is 13.2 Å². The third kappa shape index (κ3) is 6.64. The van der Waals surface area contributed by atoms with Gasteiger partial charge < -0.3 is 18.7 Å². The van der Waals surface area contributed by atoms with Gasteiger partial charge in [-0.25, -0.2) is 9.36 Å². The van der Waals surface area contributed by atoms with Crippen molar-refractivity contribution in [3.05, 3.63) is 61.9 Å². The van der Waals surface area contributed by atoms with E-state index in [4.69, 9.17) is 34.9 Å². The molecule has 2 unspecified atom stereocenters. The van der Waals surface area contributed by atoms with E-state index in [-0.39, 0.29) is 25.1 Å². The van der Waals surface area contributed by atoms with E-state index in [0.717, 1.165) is 19.3 Å². The van der Waals surface area contributed by atoms with Gasteiger partial charge in [-0.2, -0.15) is 5.09 Å². The number of benzene rings is 1. The molecule has 1 aromatic carbocycles. The summed E-state index contributed by atoms with van der Waals surface area (Å²) in [7, 11) is -4.14. The van der Waals surface area contributed by atoms with Crippen LogP contribution in [-0.4, -0.2) is 47.2 Å². The molecule has 2 fully saturated rings. The molecule has 0 spiro atoms. The molecule has 14 heteroatoms. The summed E-state index contributed by atoms with van der Waals surface area (Å²) in [5, 5.41) is 3.05. The van der Waals surface area contributed by atoms with Crippen LogP contribution in [0.1, 0.15) is 38.0 Å². The Morgan fingerprint density at radius 3 is 2.69 bits per heavy atom. The Bertz CT molecular complexity index is 1240. The first-order valence-electron chi connectivity index (χ1n) is 11.4. The molecule has 2 aliphatic rings. The maximum absolute atomic E-state index is 13.6. The van der Waals surface area contributed by atoms with Gasteiger partial charge in [0.2, 0.25) is 0 Å². The first kappa shape index (κ1) is 26.6. The number of H-pyrrole nitrogens is 1. The molecule has 2 heterocycles. The Balaban J connectivity index is 1.42. The smallest absolute Gasteiger partial charge is 0.459 e. The molecule has 1 aromatic heterocycles. The maximum atomic E-state index is 13.6. The minimum atomic E-state index is -4.14. The van der Waals surface area contributed by atoms with Gasteiger partial charge in [0.1, 0.15) is 24.5 Å². The van der Waals surface area contributed by atoms with Crippen LogP contribution in [0.15, 0.2) is 40.1 Å². The Labute approximate surface area is 211 Å². The third-order valence-corrected chi connectivity index (χ3v) is 7.55. The van der Waals surface area contributed by atoms with Crippen molar-refractivity contribution in [2.24, 2.45) is 0 Å². The number of aromatic amines is 1. The van der Waals surface area contributed by atoms with Crippen molar-refractivity contribution in [2.45, 2.75) is 57.8 Å². The molecule has 0 amide bonds. The van der Waals surface area contributed by atoms with Gasteiger partial charge in [0.25, 0.3) is 5.56 Å². The van der Waals surface area contributed by atoms with Crippen molar-refractivity contribution in [1.82, 2.24) is 14.6 Å². The van der Waals surface area contributed by atoms with Crippen molar-refractivity contribution >= 4 is 25.3 Å². The van der Waals surface area contributed by atoms with Gasteiger partial charge in [0.15, 0.2) is 12.5 Å². The highest BCUT2D eigenvalue weighted by molar-refractivity contribution is 7.52. The van der Waals surface area contributed by atoms with Crippen molar-refractivity contribution in [3.8, 4) is 5.75 Å². The van der Waals surface area contributed by atoms with Crippen LogP contribution in [0.25, 0.3) is 0 Å². The lowest BCUT2D eigenvalue weighted by molar-refractivity contribution is -0.154. The summed E-state index contributed by atoms with van der Waals surface area (Å²) in [6, 6.07) is 5.10. The highest BCUT2D eigenvalue weighted by Crippen LogP contribution is 2.45. The minimum absolute atomic E-state index is 0.0146. The van der Waals surface area contributed by atoms with Gasteiger partial charge in [0.05, 0.1) is 6.61 Å². The Hall–Kier alpha value is -2.47. The van der Waals surface area contributed by atoms with Crippen LogP contribution in [0, 0.1) is 6.92 Å². The number of carbonyl (C=O) groups is 1. The van der Waals surface area contributed by atoms with E-state index in [2.05, 4.69) is 10.1 Å². The molecule has 1 saturated heterocycles. The molecule has 196 valence electrons. The number of esters is 1. The topological polar surface area (TPSA) is 147 Å². The van der Waals surface area contributed by atoms with Crippen LogP contribution in [0.2, 0.25) is 5.02 Å². The molecule has 0 bridgehead atoms. The Morgan fingerprint density at radius 1 is 1.31 bits per heavy atom. The molecule has 1 saturated carbocycles. The second kappa shape index (κ2) is 11.3. The van der Waals surface area contributed by atoms with Gasteiger partial charge in [-0.15, -0.1) is 0 Å². The molecule has 1 aliphatic heterocycles. The lowest BCUT2D eigenvalue weighted by Gasteiger charge is -2.28. The van der Waals surface area contributed by atoms with Gasteiger partial charge >= 0.3 is 19.4 Å². The molecule has 4 atom stereocenters. The molecule has 1 aliphatic carbocycles. The molecular formula is C22H27ClN3O9P. The number of carbonyl (C=O) groups excluding carboxylic acids is 1. The highest BCUT2D eigenvalue weighted by Gasteiger charge is 2.37. The van der Waals surface area contributed by atoms with Crippen molar-refractivity contribution in [3.63, 3.8) is 0 Å². The average molecular weight is 544 g/mol. The van der Waals surface area contributed by atoms with E-state index in [1.807, 2.05) is 0 Å². The summed E-state index contributed by atoms with van der Waals surface area (Å²) in [5.41, 5.74) is -0.824. The minimum Gasteiger partial charge on any atom is -0.461 e. The van der Waals surface area contributed by atoms with Gasteiger partial charge in [-0.05, 0) is 57.4 Å². The van der Waals surface area contributed by atoms with Gasteiger partial charge in [-0.1, -0.05) is 11.6 Å². The molecule has 36 heavy (non-hydrogen) atoms. The van der Waals surface area contributed by atoms with Gasteiger partial charge in [-0.3, -0.25) is 23.7 Å². The molecule has 2 aromatic rings. The Morgan fingerprint density at radius 2 is 2.03 bits per heavy atom. The predicted molar refractivity (Wildman–Crippen MR) is 128 cm³/mol. The van der Waals surface area contributed by atoms with E-state index < -0.39 is 43.5 Å². The van der Waals surface area contributed by atoms with Gasteiger partial charge in [0, 0.05) is 16.8 Å². The first-order valence-corrected chi connectivity index (χ1v) is 13.3. The quantitative estimate of drug-likeness (QED) is 0.338. The van der Waals surface area contributed by atoms with Crippen LogP contribution in [0.3, 0.4) is 0 Å². The number of hydrogen-bond donors (Lipinski definition) is 2. The number of rotatable bonds is 10. The number of nitrogens with one attached hydrogen (secondary N) is 2. The van der Waals surface area contributed by atoms with E-state index in [0.29, 0.717) is 10.6 Å². The number of halogens is 1. The standard InChI is InChI=1S/C22H27ClN3O9P/c1-13-10-26(22(29)24-20(13)27)18-11-31-19(34-18)12-32-36(30,35-17-8-6-15(23)7-9-17)25-14(2)21(28)33-16-4-3-5-16/h6-10,14,16,18-19H,3-5,11-12H2,1-2H3,(H,25,30)(H,24,27,29)/t14?,18-,19-,36?/m1/s1. The molecule has 12 nitrogen and oxygen atoms in total. The summed E-state index contributed by atoms with van der Waals surface area (Å²) in [6.45, 7) is 2.68. The zero-order valence-electron chi connectivity index (χ0n) is 19.7. The van der Waals surface area contributed by atoms with E-state index in [1.54, 1.807) is 19.1 Å². The number of nitrogens with zero attached hydrogens (tertiary/aromatic N) is 1. The van der Waals surface area contributed by atoms with E-state index >= 15 is 0 Å². The fraction of sp³-hybridized carbons (Fsp3) is 0.500. The van der Waals surface area contributed by atoms with Crippen LogP contribution in [0.5, 0.6) is 5.75 Å². The van der Waals surface area contributed by atoms with E-state index in [1.165, 1.54) is 29.8 Å². The summed E-state index contributed by atoms with van der Waals surface area (Å²) < 4.78 is 42.5. The SMILES string of the molecule is Cc1cn([C@H]2CO[C@@H](COP(=O)(NC(C)C(=O)OC3CCC3)Oc3ccc(Cl)cc3)O2)c(=O)[nH]c1=O.